The molecule has 1 N–H and O–H groups in total. The highest BCUT2D eigenvalue weighted by Gasteiger charge is 2.30. The maximum Gasteiger partial charge on any atom is 0.0770 e. The summed E-state index contributed by atoms with van der Waals surface area (Å²) in [4.78, 5) is 4.95. The highest BCUT2D eigenvalue weighted by Crippen LogP contribution is 2.35. The lowest BCUT2D eigenvalue weighted by Crippen LogP contribution is -2.29. The summed E-state index contributed by atoms with van der Waals surface area (Å²) in [5.74, 6) is 0. The zero-order valence-electron chi connectivity index (χ0n) is 11.8. The topological polar surface area (TPSA) is 36.2 Å². The normalized spacial score (nSPS) is 27.0. The Morgan fingerprint density at radius 1 is 1.11 bits per heavy atom. The first-order chi connectivity index (χ1) is 8.53. The molecular weight excluding hydrogens is 220 g/mol. The first-order valence-electron chi connectivity index (χ1n) is 6.86. The Hall–Kier alpha value is -1.44. The lowest BCUT2D eigenvalue weighted by atomic mass is 9.81. The summed E-state index contributed by atoms with van der Waals surface area (Å²) < 4.78 is 0. The van der Waals surface area contributed by atoms with Crippen molar-refractivity contribution in [2.45, 2.75) is 52.5 Å². The van der Waals surface area contributed by atoms with Crippen LogP contribution in [0.15, 0.2) is 39.9 Å². The Kier molecular flexibility index (Phi) is 3.38. The highest BCUT2D eigenvalue weighted by molar-refractivity contribution is 6.25. The van der Waals surface area contributed by atoms with Gasteiger partial charge in [-0.2, -0.15) is 0 Å². The van der Waals surface area contributed by atoms with Crippen molar-refractivity contribution in [3.8, 4) is 0 Å². The molecular formula is C16H22N2. The van der Waals surface area contributed by atoms with Crippen LogP contribution in [0.4, 0.5) is 0 Å². The van der Waals surface area contributed by atoms with Crippen LogP contribution in [-0.2, 0) is 0 Å². The molecule has 18 heavy (non-hydrogen) atoms. The van der Waals surface area contributed by atoms with Gasteiger partial charge in [-0.25, -0.2) is 0 Å². The SMILES string of the molecule is CCC1=CC(C)(CC)N=C2C(CC)=CC(=N)C=C12. The van der Waals surface area contributed by atoms with E-state index in [4.69, 9.17) is 10.4 Å². The van der Waals surface area contributed by atoms with Crippen molar-refractivity contribution in [1.29, 1.82) is 5.41 Å². The van der Waals surface area contributed by atoms with Crippen LogP contribution in [0.5, 0.6) is 0 Å². The standard InChI is InChI=1S/C16H22N2/c1-5-11-8-13(17)9-14-12(6-2)10-16(4,7-3)18-15(11)14/h8-10,17H,5-7H2,1-4H3. The van der Waals surface area contributed by atoms with Gasteiger partial charge in [0.2, 0.25) is 0 Å². The Morgan fingerprint density at radius 3 is 2.33 bits per heavy atom. The molecule has 2 heteroatoms. The van der Waals surface area contributed by atoms with Gasteiger partial charge in [-0.05, 0) is 49.5 Å². The van der Waals surface area contributed by atoms with E-state index < -0.39 is 0 Å². The molecule has 0 amide bonds. The molecule has 0 bridgehead atoms. The van der Waals surface area contributed by atoms with Gasteiger partial charge in [0.15, 0.2) is 0 Å². The number of nitrogens with one attached hydrogen (secondary N) is 1. The van der Waals surface area contributed by atoms with Crippen molar-refractivity contribution in [3.63, 3.8) is 0 Å². The number of rotatable bonds is 3. The molecule has 0 saturated heterocycles. The smallest absolute Gasteiger partial charge is 0.0770 e. The molecule has 1 heterocycles. The quantitative estimate of drug-likeness (QED) is 0.719. The van der Waals surface area contributed by atoms with E-state index in [0.717, 1.165) is 25.0 Å². The molecule has 0 radical (unpaired) electrons. The number of hydrogen-bond acceptors (Lipinski definition) is 2. The van der Waals surface area contributed by atoms with Crippen LogP contribution in [0.25, 0.3) is 0 Å². The minimum absolute atomic E-state index is 0.0776. The second-order valence-electron chi connectivity index (χ2n) is 5.23. The van der Waals surface area contributed by atoms with Gasteiger partial charge >= 0.3 is 0 Å². The molecule has 1 aliphatic carbocycles. The summed E-state index contributed by atoms with van der Waals surface area (Å²) in [6, 6.07) is 0. The summed E-state index contributed by atoms with van der Waals surface area (Å²) in [5.41, 5.74) is 5.36. The van der Waals surface area contributed by atoms with Crippen molar-refractivity contribution < 1.29 is 0 Å². The molecule has 2 aliphatic rings. The van der Waals surface area contributed by atoms with E-state index >= 15 is 0 Å². The lowest BCUT2D eigenvalue weighted by molar-refractivity contribution is 0.558. The second-order valence-corrected chi connectivity index (χ2v) is 5.23. The van der Waals surface area contributed by atoms with E-state index in [1.165, 1.54) is 16.7 Å². The third-order valence-corrected chi connectivity index (χ3v) is 3.86. The number of aliphatic imine (C=N–C) groups is 1. The summed E-state index contributed by atoms with van der Waals surface area (Å²) in [7, 11) is 0. The fraction of sp³-hybridized carbons (Fsp3) is 0.500. The number of fused-ring (bicyclic) bond motifs is 1. The average molecular weight is 242 g/mol. The number of dihydropyridines is 1. The molecule has 0 fully saturated rings. The van der Waals surface area contributed by atoms with Gasteiger partial charge in [0.25, 0.3) is 0 Å². The van der Waals surface area contributed by atoms with Crippen LogP contribution < -0.4 is 0 Å². The summed E-state index contributed by atoms with van der Waals surface area (Å²) in [5, 5.41) is 7.92. The van der Waals surface area contributed by atoms with Gasteiger partial charge in [0.1, 0.15) is 0 Å². The lowest BCUT2D eigenvalue weighted by Gasteiger charge is -2.32. The van der Waals surface area contributed by atoms with E-state index in [9.17, 15) is 0 Å². The van der Waals surface area contributed by atoms with Crippen molar-refractivity contribution >= 4 is 11.4 Å². The Balaban J connectivity index is 2.56. The molecule has 0 aromatic heterocycles. The number of hydrogen-bond donors (Lipinski definition) is 1. The monoisotopic (exact) mass is 242 g/mol. The maximum absolute atomic E-state index is 7.92. The van der Waals surface area contributed by atoms with Crippen molar-refractivity contribution in [2.75, 3.05) is 0 Å². The third kappa shape index (κ3) is 2.12. The zero-order chi connectivity index (χ0) is 13.3. The molecule has 1 atom stereocenters. The van der Waals surface area contributed by atoms with Gasteiger partial charge in [0, 0.05) is 5.57 Å². The maximum atomic E-state index is 7.92. The highest BCUT2D eigenvalue weighted by atomic mass is 14.9. The van der Waals surface area contributed by atoms with Gasteiger partial charge in [-0.3, -0.25) is 4.99 Å². The minimum Gasteiger partial charge on any atom is -0.301 e. The molecule has 0 saturated carbocycles. The number of allylic oxidation sites excluding steroid dienone is 5. The van der Waals surface area contributed by atoms with Crippen molar-refractivity contribution in [3.05, 3.63) is 34.9 Å². The molecule has 1 aliphatic heterocycles. The first kappa shape index (κ1) is 13.0. The Morgan fingerprint density at radius 2 is 1.78 bits per heavy atom. The summed E-state index contributed by atoms with van der Waals surface area (Å²) >= 11 is 0. The van der Waals surface area contributed by atoms with E-state index in [-0.39, 0.29) is 5.54 Å². The van der Waals surface area contributed by atoms with Crippen LogP contribution in [0.2, 0.25) is 0 Å². The van der Waals surface area contributed by atoms with E-state index in [2.05, 4.69) is 33.8 Å². The molecule has 0 aromatic rings. The van der Waals surface area contributed by atoms with Crippen LogP contribution >= 0.6 is 0 Å². The Bertz CT molecular complexity index is 503. The van der Waals surface area contributed by atoms with E-state index in [1.54, 1.807) is 0 Å². The summed E-state index contributed by atoms with van der Waals surface area (Å²) in [6.07, 6.45) is 9.16. The average Bonchev–Trinajstić information content (AvgIpc) is 2.37. The molecule has 0 aromatic carbocycles. The largest absolute Gasteiger partial charge is 0.301 e. The van der Waals surface area contributed by atoms with Crippen LogP contribution in [0.3, 0.4) is 0 Å². The van der Waals surface area contributed by atoms with E-state index in [1.807, 2.05) is 12.2 Å². The molecule has 1 unspecified atom stereocenters. The number of nitrogens with zero attached hydrogens (tertiary/aromatic N) is 1. The van der Waals surface area contributed by atoms with Crippen LogP contribution in [0, 0.1) is 5.41 Å². The predicted octanol–water partition coefficient (Wildman–Crippen LogP) is 4.24. The summed E-state index contributed by atoms with van der Waals surface area (Å²) in [6.45, 7) is 8.69. The van der Waals surface area contributed by atoms with Gasteiger partial charge < -0.3 is 5.41 Å². The van der Waals surface area contributed by atoms with Crippen LogP contribution in [0.1, 0.15) is 47.0 Å². The van der Waals surface area contributed by atoms with Gasteiger partial charge in [-0.15, -0.1) is 0 Å². The van der Waals surface area contributed by atoms with Crippen LogP contribution in [-0.4, -0.2) is 17.0 Å². The Labute approximate surface area is 110 Å². The fourth-order valence-electron chi connectivity index (χ4n) is 2.56. The van der Waals surface area contributed by atoms with Crippen molar-refractivity contribution in [1.82, 2.24) is 0 Å². The van der Waals surface area contributed by atoms with Gasteiger partial charge in [-0.1, -0.05) is 26.8 Å². The molecule has 0 spiro atoms. The predicted molar refractivity (Wildman–Crippen MR) is 78.7 cm³/mol. The van der Waals surface area contributed by atoms with Crippen molar-refractivity contribution in [2.24, 2.45) is 4.99 Å². The molecule has 2 rings (SSSR count). The second kappa shape index (κ2) is 4.68. The molecule has 2 nitrogen and oxygen atoms in total. The van der Waals surface area contributed by atoms with Gasteiger partial charge in [0.05, 0.1) is 17.0 Å². The first-order valence-corrected chi connectivity index (χ1v) is 6.86. The minimum atomic E-state index is -0.0776. The fourth-order valence-corrected chi connectivity index (χ4v) is 2.56. The zero-order valence-corrected chi connectivity index (χ0v) is 11.8. The van der Waals surface area contributed by atoms with E-state index in [0.29, 0.717) is 5.71 Å². The molecule has 96 valence electrons. The third-order valence-electron chi connectivity index (χ3n) is 3.86.